The van der Waals surface area contributed by atoms with Crippen LogP contribution in [0.3, 0.4) is 0 Å². The van der Waals surface area contributed by atoms with Crippen molar-refractivity contribution in [3.05, 3.63) is 16.8 Å². The van der Waals surface area contributed by atoms with Gasteiger partial charge in [0.2, 0.25) is 0 Å². The van der Waals surface area contributed by atoms with E-state index in [-0.39, 0.29) is 5.92 Å². The molecule has 2 aromatic rings. The highest BCUT2D eigenvalue weighted by Gasteiger charge is 2.34. The molecule has 1 aliphatic rings. The summed E-state index contributed by atoms with van der Waals surface area (Å²) in [5.74, 6) is -0.121. The predicted octanol–water partition coefficient (Wildman–Crippen LogP) is 1.83. The summed E-state index contributed by atoms with van der Waals surface area (Å²) in [6.07, 6.45) is 1.56. The van der Waals surface area contributed by atoms with E-state index in [4.69, 9.17) is 5.11 Å². The number of aliphatic carboxylic acids is 1. The maximum Gasteiger partial charge on any atom is 0.310 e. The van der Waals surface area contributed by atoms with Gasteiger partial charge in [-0.2, -0.15) is 0 Å². The third-order valence-corrected chi connectivity index (χ3v) is 4.59. The second-order valence-electron chi connectivity index (χ2n) is 4.60. The number of anilines is 1. The monoisotopic (exact) mass is 263 g/mol. The normalized spacial score (nSPS) is 16.0. The third kappa shape index (κ3) is 1.56. The molecule has 0 amide bonds. The average molecular weight is 263 g/mol. The maximum atomic E-state index is 10.8. The standard InChI is InChI=1S/C12H13N3O2S/c1-6-7(2)18-11-9(6)10(13-5-14-11)15-3-8(4-15)12(16)17/h5,8H,3-4H2,1-2H3,(H,16,17). The molecule has 1 aliphatic heterocycles. The lowest BCUT2D eigenvalue weighted by molar-refractivity contribution is -0.142. The zero-order chi connectivity index (χ0) is 12.9. The van der Waals surface area contributed by atoms with Crippen LogP contribution in [0.15, 0.2) is 6.33 Å². The second kappa shape index (κ2) is 3.91. The van der Waals surface area contributed by atoms with Crippen LogP contribution >= 0.6 is 11.3 Å². The minimum atomic E-state index is -0.727. The van der Waals surface area contributed by atoms with Crippen LogP contribution in [0.25, 0.3) is 10.2 Å². The van der Waals surface area contributed by atoms with Crippen LogP contribution in [0.5, 0.6) is 0 Å². The van der Waals surface area contributed by atoms with Crippen molar-refractivity contribution >= 4 is 33.3 Å². The van der Waals surface area contributed by atoms with Gasteiger partial charge in [0.1, 0.15) is 17.0 Å². The lowest BCUT2D eigenvalue weighted by atomic mass is 10.00. The summed E-state index contributed by atoms with van der Waals surface area (Å²) in [6, 6.07) is 0. The van der Waals surface area contributed by atoms with Gasteiger partial charge < -0.3 is 10.0 Å². The van der Waals surface area contributed by atoms with Gasteiger partial charge in [0.15, 0.2) is 0 Å². The average Bonchev–Trinajstić information content (AvgIpc) is 2.53. The van der Waals surface area contributed by atoms with E-state index in [1.807, 2.05) is 4.90 Å². The number of aromatic nitrogens is 2. The third-order valence-electron chi connectivity index (χ3n) is 3.48. The molecule has 0 atom stereocenters. The molecule has 0 bridgehead atoms. The quantitative estimate of drug-likeness (QED) is 0.895. The van der Waals surface area contributed by atoms with Crippen molar-refractivity contribution in [3.63, 3.8) is 0 Å². The van der Waals surface area contributed by atoms with Crippen LogP contribution in [0.1, 0.15) is 10.4 Å². The number of thiophene rings is 1. The SMILES string of the molecule is Cc1sc2ncnc(N3CC(C(=O)O)C3)c2c1C. The van der Waals surface area contributed by atoms with Crippen LogP contribution in [0.4, 0.5) is 5.82 Å². The Morgan fingerprint density at radius 3 is 2.83 bits per heavy atom. The number of hydrogen-bond donors (Lipinski definition) is 1. The molecule has 0 aliphatic carbocycles. The van der Waals surface area contributed by atoms with Gasteiger partial charge in [-0.3, -0.25) is 4.79 Å². The molecule has 3 heterocycles. The van der Waals surface area contributed by atoms with Crippen molar-refractivity contribution in [2.45, 2.75) is 13.8 Å². The summed E-state index contributed by atoms with van der Waals surface area (Å²) in [7, 11) is 0. The van der Waals surface area contributed by atoms with E-state index in [2.05, 4.69) is 23.8 Å². The Hall–Kier alpha value is -1.69. The molecule has 0 radical (unpaired) electrons. The zero-order valence-electron chi connectivity index (χ0n) is 10.2. The Morgan fingerprint density at radius 1 is 1.44 bits per heavy atom. The van der Waals surface area contributed by atoms with E-state index in [1.165, 1.54) is 10.4 Å². The molecule has 0 saturated carbocycles. The fourth-order valence-corrected chi connectivity index (χ4v) is 3.20. The molecule has 1 N–H and O–H groups in total. The zero-order valence-corrected chi connectivity index (χ0v) is 11.0. The molecule has 6 heteroatoms. The first-order valence-electron chi connectivity index (χ1n) is 5.76. The molecule has 5 nitrogen and oxygen atoms in total. The van der Waals surface area contributed by atoms with Gasteiger partial charge in [0, 0.05) is 18.0 Å². The van der Waals surface area contributed by atoms with Crippen LogP contribution in [0, 0.1) is 19.8 Å². The Kier molecular flexibility index (Phi) is 2.48. The molecule has 94 valence electrons. The highest BCUT2D eigenvalue weighted by molar-refractivity contribution is 7.18. The summed E-state index contributed by atoms with van der Waals surface area (Å²) in [6.45, 7) is 5.21. The van der Waals surface area contributed by atoms with Crippen LogP contribution in [-0.4, -0.2) is 34.1 Å². The van der Waals surface area contributed by atoms with Gasteiger partial charge in [0.05, 0.1) is 11.3 Å². The molecule has 0 unspecified atom stereocenters. The first kappa shape index (κ1) is 11.4. The number of nitrogens with zero attached hydrogens (tertiary/aromatic N) is 3. The van der Waals surface area contributed by atoms with Crippen molar-refractivity contribution in [1.29, 1.82) is 0 Å². The molecule has 0 aromatic carbocycles. The Balaban J connectivity index is 2.01. The maximum absolute atomic E-state index is 10.8. The minimum absolute atomic E-state index is 0.268. The predicted molar refractivity (Wildman–Crippen MR) is 70.2 cm³/mol. The topological polar surface area (TPSA) is 66.3 Å². The second-order valence-corrected chi connectivity index (χ2v) is 5.80. The summed E-state index contributed by atoms with van der Waals surface area (Å²) >= 11 is 1.66. The van der Waals surface area contributed by atoms with Gasteiger partial charge in [-0.05, 0) is 19.4 Å². The van der Waals surface area contributed by atoms with Crippen molar-refractivity contribution in [1.82, 2.24) is 9.97 Å². The highest BCUT2D eigenvalue weighted by atomic mass is 32.1. The number of aryl methyl sites for hydroxylation is 2. The molecular formula is C12H13N3O2S. The summed E-state index contributed by atoms with van der Waals surface area (Å²) in [4.78, 5) is 23.7. The molecule has 0 spiro atoms. The Morgan fingerprint density at radius 2 is 2.17 bits per heavy atom. The lowest BCUT2D eigenvalue weighted by Crippen LogP contribution is -2.50. The number of carboxylic acids is 1. The number of hydrogen-bond acceptors (Lipinski definition) is 5. The number of carboxylic acid groups (broad SMARTS) is 1. The minimum Gasteiger partial charge on any atom is -0.481 e. The first-order chi connectivity index (χ1) is 8.58. The van der Waals surface area contributed by atoms with Crippen molar-refractivity contribution in [2.75, 3.05) is 18.0 Å². The molecular weight excluding hydrogens is 250 g/mol. The Labute approximate surface area is 108 Å². The molecule has 1 saturated heterocycles. The van der Waals surface area contributed by atoms with Gasteiger partial charge in [0.25, 0.3) is 0 Å². The fourth-order valence-electron chi connectivity index (χ4n) is 2.21. The van der Waals surface area contributed by atoms with E-state index in [1.54, 1.807) is 17.7 Å². The highest BCUT2D eigenvalue weighted by Crippen LogP contribution is 2.36. The fraction of sp³-hybridized carbons (Fsp3) is 0.417. The van der Waals surface area contributed by atoms with Gasteiger partial charge >= 0.3 is 5.97 Å². The summed E-state index contributed by atoms with van der Waals surface area (Å²) in [5.41, 5.74) is 1.20. The first-order valence-corrected chi connectivity index (χ1v) is 6.58. The van der Waals surface area contributed by atoms with E-state index in [0.29, 0.717) is 13.1 Å². The van der Waals surface area contributed by atoms with Gasteiger partial charge in [-0.25, -0.2) is 9.97 Å². The van der Waals surface area contributed by atoms with E-state index >= 15 is 0 Å². The van der Waals surface area contributed by atoms with Crippen molar-refractivity contribution in [3.8, 4) is 0 Å². The molecule has 3 rings (SSSR count). The van der Waals surface area contributed by atoms with E-state index in [0.717, 1.165) is 16.0 Å². The number of fused-ring (bicyclic) bond motifs is 1. The smallest absolute Gasteiger partial charge is 0.310 e. The molecule has 18 heavy (non-hydrogen) atoms. The van der Waals surface area contributed by atoms with E-state index < -0.39 is 5.97 Å². The molecule has 1 fully saturated rings. The summed E-state index contributed by atoms with van der Waals surface area (Å²) < 4.78 is 0. The van der Waals surface area contributed by atoms with Crippen LogP contribution in [-0.2, 0) is 4.79 Å². The number of rotatable bonds is 2. The summed E-state index contributed by atoms with van der Waals surface area (Å²) in [5, 5.41) is 9.99. The largest absolute Gasteiger partial charge is 0.481 e. The van der Waals surface area contributed by atoms with E-state index in [9.17, 15) is 4.79 Å². The van der Waals surface area contributed by atoms with Crippen molar-refractivity contribution in [2.24, 2.45) is 5.92 Å². The van der Waals surface area contributed by atoms with Crippen molar-refractivity contribution < 1.29 is 9.90 Å². The Bertz CT molecular complexity index is 632. The van der Waals surface area contributed by atoms with Crippen LogP contribution < -0.4 is 4.90 Å². The van der Waals surface area contributed by atoms with Crippen LogP contribution in [0.2, 0.25) is 0 Å². The van der Waals surface area contributed by atoms with Gasteiger partial charge in [-0.15, -0.1) is 11.3 Å². The number of carbonyl (C=O) groups is 1. The lowest BCUT2D eigenvalue weighted by Gasteiger charge is -2.37. The van der Waals surface area contributed by atoms with Gasteiger partial charge in [-0.1, -0.05) is 0 Å². The molecule has 2 aromatic heterocycles.